The van der Waals surface area contributed by atoms with E-state index in [1.165, 1.54) is 19.4 Å². The molecule has 1 aliphatic heterocycles. The fourth-order valence-corrected chi connectivity index (χ4v) is 3.00. The van der Waals surface area contributed by atoms with E-state index in [9.17, 15) is 5.11 Å². The van der Waals surface area contributed by atoms with E-state index in [0.29, 0.717) is 6.61 Å². The highest BCUT2D eigenvalue weighted by atomic mass is 16.3. The lowest BCUT2D eigenvalue weighted by Gasteiger charge is -2.46. The highest BCUT2D eigenvalue weighted by Crippen LogP contribution is 2.39. The Kier molecular flexibility index (Phi) is 3.59. The summed E-state index contributed by atoms with van der Waals surface area (Å²) >= 11 is 0. The van der Waals surface area contributed by atoms with Gasteiger partial charge in [-0.2, -0.15) is 0 Å². The molecule has 1 saturated heterocycles. The van der Waals surface area contributed by atoms with Gasteiger partial charge in [-0.25, -0.2) is 0 Å². The normalized spacial score (nSPS) is 29.8. The quantitative estimate of drug-likeness (QED) is 0.754. The Balaban J connectivity index is 2.83. The minimum atomic E-state index is 0.238. The minimum Gasteiger partial charge on any atom is -0.396 e. The van der Waals surface area contributed by atoms with Crippen molar-refractivity contribution in [3.8, 4) is 0 Å². The van der Waals surface area contributed by atoms with Crippen LogP contribution < -0.4 is 0 Å². The standard InChI is InChI=1S/C12H25NO/c1-5-12(8-10-14)7-6-9-13(12)11(2,3)4/h14H,5-10H2,1-4H3. The van der Waals surface area contributed by atoms with E-state index in [1.54, 1.807) is 0 Å². The monoisotopic (exact) mass is 199 g/mol. The van der Waals surface area contributed by atoms with Crippen molar-refractivity contribution in [3.05, 3.63) is 0 Å². The van der Waals surface area contributed by atoms with E-state index in [1.807, 2.05) is 0 Å². The molecule has 1 fully saturated rings. The molecule has 2 heteroatoms. The summed E-state index contributed by atoms with van der Waals surface area (Å²) in [5.74, 6) is 0. The molecule has 0 aromatic carbocycles. The Morgan fingerprint density at radius 1 is 1.36 bits per heavy atom. The first-order chi connectivity index (χ1) is 6.46. The molecule has 0 aliphatic carbocycles. The average molecular weight is 199 g/mol. The Bertz CT molecular complexity index is 185. The molecule has 0 amide bonds. The van der Waals surface area contributed by atoms with Gasteiger partial charge in [0.25, 0.3) is 0 Å². The highest BCUT2D eigenvalue weighted by Gasteiger charge is 2.43. The second kappa shape index (κ2) is 4.19. The van der Waals surface area contributed by atoms with Crippen LogP contribution >= 0.6 is 0 Å². The largest absolute Gasteiger partial charge is 0.396 e. The molecule has 1 N–H and O–H groups in total. The van der Waals surface area contributed by atoms with E-state index in [-0.39, 0.29) is 11.1 Å². The third-order valence-corrected chi connectivity index (χ3v) is 3.64. The van der Waals surface area contributed by atoms with Gasteiger partial charge in [-0.1, -0.05) is 6.92 Å². The van der Waals surface area contributed by atoms with Gasteiger partial charge in [-0.3, -0.25) is 4.90 Å². The number of likely N-dealkylation sites (tertiary alicyclic amines) is 1. The van der Waals surface area contributed by atoms with Gasteiger partial charge in [0.05, 0.1) is 0 Å². The molecule has 0 radical (unpaired) electrons. The van der Waals surface area contributed by atoms with Crippen molar-refractivity contribution in [3.63, 3.8) is 0 Å². The molecule has 14 heavy (non-hydrogen) atoms. The first-order valence-electron chi connectivity index (χ1n) is 5.85. The van der Waals surface area contributed by atoms with E-state index in [2.05, 4.69) is 32.6 Å². The van der Waals surface area contributed by atoms with Gasteiger partial charge in [0.2, 0.25) is 0 Å². The summed E-state index contributed by atoms with van der Waals surface area (Å²) in [4.78, 5) is 2.59. The van der Waals surface area contributed by atoms with Crippen LogP contribution in [0.3, 0.4) is 0 Å². The number of aliphatic hydroxyl groups is 1. The Labute approximate surface area is 88.3 Å². The summed E-state index contributed by atoms with van der Waals surface area (Å²) in [6.07, 6.45) is 4.62. The van der Waals surface area contributed by atoms with Gasteiger partial charge in [-0.05, 0) is 53.0 Å². The number of hydrogen-bond donors (Lipinski definition) is 1. The van der Waals surface area contributed by atoms with Gasteiger partial charge >= 0.3 is 0 Å². The third-order valence-electron chi connectivity index (χ3n) is 3.64. The SMILES string of the molecule is CCC1(CCO)CCCN1C(C)(C)C. The number of rotatable bonds is 3. The summed E-state index contributed by atoms with van der Waals surface area (Å²) < 4.78 is 0. The smallest absolute Gasteiger partial charge is 0.0448 e. The second-order valence-corrected chi connectivity index (χ2v) is 5.48. The summed E-state index contributed by atoms with van der Waals surface area (Å²) in [5, 5.41) is 9.18. The molecule has 0 aromatic heterocycles. The van der Waals surface area contributed by atoms with Gasteiger partial charge in [-0.15, -0.1) is 0 Å². The maximum absolute atomic E-state index is 9.18. The van der Waals surface area contributed by atoms with E-state index >= 15 is 0 Å². The van der Waals surface area contributed by atoms with Crippen molar-refractivity contribution < 1.29 is 5.11 Å². The Hall–Kier alpha value is -0.0800. The zero-order valence-corrected chi connectivity index (χ0v) is 10.1. The summed E-state index contributed by atoms with van der Waals surface area (Å²) in [5.41, 5.74) is 0.509. The van der Waals surface area contributed by atoms with E-state index in [0.717, 1.165) is 12.8 Å². The van der Waals surface area contributed by atoms with Crippen molar-refractivity contribution in [2.75, 3.05) is 13.2 Å². The number of hydrogen-bond acceptors (Lipinski definition) is 2. The van der Waals surface area contributed by atoms with Crippen LogP contribution in [0, 0.1) is 0 Å². The first kappa shape index (κ1) is 12.0. The maximum Gasteiger partial charge on any atom is 0.0448 e. The van der Waals surface area contributed by atoms with E-state index in [4.69, 9.17) is 0 Å². The highest BCUT2D eigenvalue weighted by molar-refractivity contribution is 4.99. The van der Waals surface area contributed by atoms with E-state index < -0.39 is 0 Å². The Morgan fingerprint density at radius 2 is 2.00 bits per heavy atom. The number of nitrogens with zero attached hydrogens (tertiary/aromatic N) is 1. The van der Waals surface area contributed by atoms with Crippen LogP contribution in [-0.2, 0) is 0 Å². The predicted molar refractivity (Wildman–Crippen MR) is 60.4 cm³/mol. The van der Waals surface area contributed by atoms with Crippen LogP contribution in [-0.4, -0.2) is 34.2 Å². The van der Waals surface area contributed by atoms with Crippen molar-refractivity contribution >= 4 is 0 Å². The molecular weight excluding hydrogens is 174 g/mol. The lowest BCUT2D eigenvalue weighted by Crippen LogP contribution is -2.53. The lowest BCUT2D eigenvalue weighted by molar-refractivity contribution is 0.0223. The molecule has 1 unspecified atom stereocenters. The molecule has 0 bridgehead atoms. The summed E-state index contributed by atoms with van der Waals surface area (Å²) in [6.45, 7) is 10.6. The fraction of sp³-hybridized carbons (Fsp3) is 1.00. The third kappa shape index (κ3) is 2.12. The van der Waals surface area contributed by atoms with Gasteiger partial charge in [0.1, 0.15) is 0 Å². The number of aliphatic hydroxyl groups excluding tert-OH is 1. The average Bonchev–Trinajstić information content (AvgIpc) is 2.49. The molecule has 0 saturated carbocycles. The predicted octanol–water partition coefficient (Wildman–Crippen LogP) is 2.41. The van der Waals surface area contributed by atoms with Gasteiger partial charge in [0.15, 0.2) is 0 Å². The Morgan fingerprint density at radius 3 is 2.43 bits per heavy atom. The van der Waals surface area contributed by atoms with Crippen LogP contribution in [0.2, 0.25) is 0 Å². The fourth-order valence-electron chi connectivity index (χ4n) is 3.00. The van der Waals surface area contributed by atoms with Gasteiger partial charge < -0.3 is 5.11 Å². The van der Waals surface area contributed by atoms with Gasteiger partial charge in [0, 0.05) is 17.7 Å². The molecule has 0 aromatic rings. The molecule has 1 rings (SSSR count). The summed E-state index contributed by atoms with van der Waals surface area (Å²) in [7, 11) is 0. The zero-order chi connectivity index (χ0) is 10.8. The maximum atomic E-state index is 9.18. The van der Waals surface area contributed by atoms with Crippen LogP contribution in [0.1, 0.15) is 53.4 Å². The summed E-state index contributed by atoms with van der Waals surface area (Å²) in [6, 6.07) is 0. The van der Waals surface area contributed by atoms with Crippen molar-refractivity contribution in [2.45, 2.75) is 64.5 Å². The molecule has 1 atom stereocenters. The molecular formula is C12H25NO. The molecule has 84 valence electrons. The molecule has 1 heterocycles. The zero-order valence-electron chi connectivity index (χ0n) is 10.1. The topological polar surface area (TPSA) is 23.5 Å². The van der Waals surface area contributed by atoms with Crippen molar-refractivity contribution in [1.82, 2.24) is 4.90 Å². The molecule has 2 nitrogen and oxygen atoms in total. The minimum absolute atomic E-state index is 0.238. The molecule has 0 spiro atoms. The van der Waals surface area contributed by atoms with Crippen LogP contribution in [0.25, 0.3) is 0 Å². The van der Waals surface area contributed by atoms with Crippen LogP contribution in [0.15, 0.2) is 0 Å². The van der Waals surface area contributed by atoms with Crippen molar-refractivity contribution in [2.24, 2.45) is 0 Å². The molecule has 1 aliphatic rings. The van der Waals surface area contributed by atoms with Crippen molar-refractivity contribution in [1.29, 1.82) is 0 Å². The first-order valence-corrected chi connectivity index (χ1v) is 5.85. The van der Waals surface area contributed by atoms with Crippen LogP contribution in [0.5, 0.6) is 0 Å². The lowest BCUT2D eigenvalue weighted by atomic mass is 9.86. The van der Waals surface area contributed by atoms with Crippen LogP contribution in [0.4, 0.5) is 0 Å². The second-order valence-electron chi connectivity index (χ2n) is 5.48.